The summed E-state index contributed by atoms with van der Waals surface area (Å²) in [6.45, 7) is 2.35. The fraction of sp³-hybridized carbons (Fsp3) is 0.571. The fourth-order valence-electron chi connectivity index (χ4n) is 6.12. The molecule has 0 radical (unpaired) electrons. The number of hydrogen-bond acceptors (Lipinski definition) is 0. The number of hydrogen-bond donors (Lipinski definition) is 0. The van der Waals surface area contributed by atoms with Crippen LogP contribution in [-0.4, -0.2) is 8.80 Å². The molecule has 3 heteroatoms. The van der Waals surface area contributed by atoms with Crippen molar-refractivity contribution in [1.29, 1.82) is 0 Å². The molecule has 2 fully saturated rings. The predicted molar refractivity (Wildman–Crippen MR) is 130 cm³/mol. The van der Waals surface area contributed by atoms with Crippen LogP contribution < -0.4 is 0 Å². The molecule has 168 valence electrons. The standard InChI is InChI=1S/C28H38F2Si/c1-2-17-31-18-15-22(16-19-31)4-3-21-5-7-23(8-6-21)25-11-14-27(28(30)20-25)24-9-12-26(29)13-10-24/h9-14,20-23,31H,2-8,15-19H2,1H3/t21-,22?,23-,31?. The minimum atomic E-state index is -0.345. The molecule has 1 aliphatic carbocycles. The third-order valence-electron chi connectivity index (χ3n) is 8.11. The van der Waals surface area contributed by atoms with Crippen LogP contribution in [-0.2, 0) is 0 Å². The Morgan fingerprint density at radius 2 is 1.45 bits per heavy atom. The van der Waals surface area contributed by atoms with Gasteiger partial charge in [0.1, 0.15) is 11.6 Å². The van der Waals surface area contributed by atoms with E-state index in [-0.39, 0.29) is 20.4 Å². The number of rotatable bonds is 7. The summed E-state index contributed by atoms with van der Waals surface area (Å²) >= 11 is 0. The summed E-state index contributed by atoms with van der Waals surface area (Å²) in [7, 11) is -0.345. The molecule has 0 atom stereocenters. The Balaban J connectivity index is 1.24. The molecule has 1 saturated heterocycles. The first-order valence-corrected chi connectivity index (χ1v) is 15.1. The van der Waals surface area contributed by atoms with Crippen LogP contribution in [0.15, 0.2) is 42.5 Å². The molecule has 0 N–H and O–H groups in total. The topological polar surface area (TPSA) is 0 Å². The average molecular weight is 441 g/mol. The third kappa shape index (κ3) is 6.06. The van der Waals surface area contributed by atoms with E-state index in [9.17, 15) is 8.78 Å². The summed E-state index contributed by atoms with van der Waals surface area (Å²) in [6.07, 6.45) is 12.3. The molecule has 2 aliphatic rings. The van der Waals surface area contributed by atoms with E-state index < -0.39 is 0 Å². The SMILES string of the molecule is CCC[SiH]1CCC(CC[C@H]2CC[C@H](c3ccc(-c4ccc(F)cc4)c(F)c3)CC2)CC1. The van der Waals surface area contributed by atoms with Gasteiger partial charge >= 0.3 is 0 Å². The van der Waals surface area contributed by atoms with Gasteiger partial charge < -0.3 is 0 Å². The zero-order valence-corrected chi connectivity index (χ0v) is 20.2. The van der Waals surface area contributed by atoms with Gasteiger partial charge in [0.2, 0.25) is 0 Å². The van der Waals surface area contributed by atoms with Crippen molar-refractivity contribution >= 4 is 8.80 Å². The van der Waals surface area contributed by atoms with Gasteiger partial charge in [-0.1, -0.05) is 81.4 Å². The van der Waals surface area contributed by atoms with E-state index in [1.165, 1.54) is 69.9 Å². The molecule has 0 unspecified atom stereocenters. The normalized spacial score (nSPS) is 26.7. The lowest BCUT2D eigenvalue weighted by molar-refractivity contribution is 0.280. The maximum Gasteiger partial charge on any atom is 0.131 e. The van der Waals surface area contributed by atoms with Gasteiger partial charge in [0.05, 0.1) is 0 Å². The first kappa shape index (κ1) is 22.7. The van der Waals surface area contributed by atoms with E-state index >= 15 is 0 Å². The molecule has 1 aliphatic heterocycles. The first-order chi connectivity index (χ1) is 15.1. The first-order valence-electron chi connectivity index (χ1n) is 12.7. The van der Waals surface area contributed by atoms with Crippen LogP contribution >= 0.6 is 0 Å². The Kier molecular flexibility index (Phi) is 7.98. The zero-order valence-electron chi connectivity index (χ0n) is 19.1. The monoisotopic (exact) mass is 440 g/mol. The molecule has 0 aromatic heterocycles. The number of halogens is 2. The van der Waals surface area contributed by atoms with Crippen LogP contribution in [0.1, 0.15) is 76.2 Å². The van der Waals surface area contributed by atoms with Crippen molar-refractivity contribution in [1.82, 2.24) is 0 Å². The lowest BCUT2D eigenvalue weighted by Gasteiger charge is -2.32. The van der Waals surface area contributed by atoms with Gasteiger partial charge in [0, 0.05) is 14.4 Å². The smallest absolute Gasteiger partial charge is 0.131 e. The fourth-order valence-corrected chi connectivity index (χ4v) is 9.69. The van der Waals surface area contributed by atoms with Gasteiger partial charge in [-0.2, -0.15) is 0 Å². The van der Waals surface area contributed by atoms with E-state index in [2.05, 4.69) is 13.0 Å². The molecule has 2 aromatic carbocycles. The zero-order chi connectivity index (χ0) is 21.6. The molecule has 1 saturated carbocycles. The summed E-state index contributed by atoms with van der Waals surface area (Å²) in [6, 6.07) is 16.5. The van der Waals surface area contributed by atoms with E-state index in [0.29, 0.717) is 11.5 Å². The van der Waals surface area contributed by atoms with Gasteiger partial charge in [-0.15, -0.1) is 0 Å². The van der Waals surface area contributed by atoms with Crippen molar-refractivity contribution < 1.29 is 8.78 Å². The molecule has 31 heavy (non-hydrogen) atoms. The highest BCUT2D eigenvalue weighted by Gasteiger charge is 2.26. The molecule has 4 rings (SSSR count). The minimum absolute atomic E-state index is 0.187. The molecule has 2 aromatic rings. The highest BCUT2D eigenvalue weighted by atomic mass is 28.3. The van der Waals surface area contributed by atoms with Gasteiger partial charge in [0.25, 0.3) is 0 Å². The van der Waals surface area contributed by atoms with Crippen LogP contribution in [0.3, 0.4) is 0 Å². The Bertz CT molecular complexity index is 815. The van der Waals surface area contributed by atoms with Gasteiger partial charge in [-0.05, 0) is 72.8 Å². The highest BCUT2D eigenvalue weighted by molar-refractivity contribution is 6.58. The average Bonchev–Trinajstić information content (AvgIpc) is 2.80. The van der Waals surface area contributed by atoms with Crippen LogP contribution in [0.5, 0.6) is 0 Å². The van der Waals surface area contributed by atoms with Crippen molar-refractivity contribution in [2.24, 2.45) is 11.8 Å². The van der Waals surface area contributed by atoms with E-state index in [4.69, 9.17) is 0 Å². The molecular formula is C28H38F2Si. The Morgan fingerprint density at radius 1 is 0.806 bits per heavy atom. The van der Waals surface area contributed by atoms with Gasteiger partial charge in [0.15, 0.2) is 0 Å². The van der Waals surface area contributed by atoms with Crippen LogP contribution in [0, 0.1) is 23.5 Å². The summed E-state index contributed by atoms with van der Waals surface area (Å²) in [5, 5.41) is 0. The summed E-state index contributed by atoms with van der Waals surface area (Å²) < 4.78 is 27.9. The quantitative estimate of drug-likeness (QED) is 0.378. The molecular weight excluding hydrogens is 402 g/mol. The summed E-state index contributed by atoms with van der Waals surface area (Å²) in [5.41, 5.74) is 2.44. The van der Waals surface area contributed by atoms with Crippen LogP contribution in [0.2, 0.25) is 18.1 Å². The number of benzene rings is 2. The largest absolute Gasteiger partial charge is 0.207 e. The molecule has 0 spiro atoms. The van der Waals surface area contributed by atoms with Crippen molar-refractivity contribution in [3.05, 3.63) is 59.7 Å². The second-order valence-corrected chi connectivity index (χ2v) is 13.7. The highest BCUT2D eigenvalue weighted by Crippen LogP contribution is 2.40. The van der Waals surface area contributed by atoms with Gasteiger partial charge in [-0.3, -0.25) is 0 Å². The molecule has 0 amide bonds. The second kappa shape index (κ2) is 10.9. The Labute approximate surface area is 189 Å². The van der Waals surface area contributed by atoms with Crippen molar-refractivity contribution in [3.8, 4) is 11.1 Å². The van der Waals surface area contributed by atoms with Crippen molar-refractivity contribution in [3.63, 3.8) is 0 Å². The van der Waals surface area contributed by atoms with Crippen molar-refractivity contribution in [2.75, 3.05) is 0 Å². The van der Waals surface area contributed by atoms with Crippen molar-refractivity contribution in [2.45, 2.75) is 88.8 Å². The Morgan fingerprint density at radius 3 is 2.06 bits per heavy atom. The maximum atomic E-state index is 14.8. The maximum absolute atomic E-state index is 14.8. The van der Waals surface area contributed by atoms with E-state index in [1.54, 1.807) is 36.3 Å². The second-order valence-electron chi connectivity index (χ2n) is 10.2. The summed E-state index contributed by atoms with van der Waals surface area (Å²) in [5.74, 6) is 1.90. The van der Waals surface area contributed by atoms with Crippen LogP contribution in [0.25, 0.3) is 11.1 Å². The third-order valence-corrected chi connectivity index (χ3v) is 11.8. The predicted octanol–water partition coefficient (Wildman–Crippen LogP) is 8.73. The lowest BCUT2D eigenvalue weighted by atomic mass is 9.76. The molecule has 0 bridgehead atoms. The van der Waals surface area contributed by atoms with E-state index in [1.807, 2.05) is 6.07 Å². The van der Waals surface area contributed by atoms with Crippen LogP contribution in [0.4, 0.5) is 8.78 Å². The summed E-state index contributed by atoms with van der Waals surface area (Å²) in [4.78, 5) is 0. The molecule has 0 nitrogen and oxygen atoms in total. The van der Waals surface area contributed by atoms with Gasteiger partial charge in [-0.25, -0.2) is 8.78 Å². The lowest BCUT2D eigenvalue weighted by Crippen LogP contribution is -2.22. The minimum Gasteiger partial charge on any atom is -0.207 e. The molecule has 1 heterocycles. The Hall–Kier alpha value is -1.48. The van der Waals surface area contributed by atoms with E-state index in [0.717, 1.165) is 23.0 Å².